The minimum absolute atomic E-state index is 0.165. The molecule has 0 spiro atoms. The zero-order chi connectivity index (χ0) is 12.3. The van der Waals surface area contributed by atoms with Crippen molar-refractivity contribution in [3.05, 3.63) is 33.8 Å². The lowest BCUT2D eigenvalue weighted by Gasteiger charge is -2.22. The first-order valence-electron chi connectivity index (χ1n) is 5.17. The maximum atomic E-state index is 12.2. The van der Waals surface area contributed by atoms with Crippen LogP contribution in [0.3, 0.4) is 0 Å². The van der Waals surface area contributed by atoms with Gasteiger partial charge >= 0.3 is 0 Å². The Hall–Kier alpha value is -0.570. The minimum Gasteiger partial charge on any atom is -0.319 e. The Balaban J connectivity index is 3.09. The van der Waals surface area contributed by atoms with Gasteiger partial charge in [-0.15, -0.1) is 0 Å². The van der Waals surface area contributed by atoms with Crippen LogP contribution in [0.2, 0.25) is 10.0 Å². The maximum absolute atomic E-state index is 12.2. The molecule has 0 saturated heterocycles. The van der Waals surface area contributed by atoms with E-state index in [1.54, 1.807) is 25.1 Å². The lowest BCUT2D eigenvalue weighted by atomic mass is 9.88. The van der Waals surface area contributed by atoms with E-state index in [2.05, 4.69) is 0 Å². The highest BCUT2D eigenvalue weighted by Crippen LogP contribution is 2.25. The van der Waals surface area contributed by atoms with Crippen molar-refractivity contribution in [1.29, 1.82) is 0 Å². The summed E-state index contributed by atoms with van der Waals surface area (Å²) < 4.78 is 0. The molecular formula is C12H15Cl2NO. The second-order valence-corrected chi connectivity index (χ2v) is 4.96. The molecule has 0 aliphatic heterocycles. The van der Waals surface area contributed by atoms with Crippen LogP contribution in [-0.2, 0) is 0 Å². The lowest BCUT2D eigenvalue weighted by Crippen LogP contribution is -2.44. The molecule has 2 N–H and O–H groups in total. The van der Waals surface area contributed by atoms with Gasteiger partial charge < -0.3 is 5.73 Å². The number of ketones is 1. The second-order valence-electron chi connectivity index (χ2n) is 4.12. The van der Waals surface area contributed by atoms with Crippen LogP contribution in [0.4, 0.5) is 0 Å². The van der Waals surface area contributed by atoms with E-state index >= 15 is 0 Å². The van der Waals surface area contributed by atoms with Gasteiger partial charge in [-0.1, -0.05) is 36.5 Å². The van der Waals surface area contributed by atoms with Crippen LogP contribution >= 0.6 is 23.2 Å². The van der Waals surface area contributed by atoms with Gasteiger partial charge in [-0.3, -0.25) is 4.79 Å². The SMILES string of the molecule is CCCC(C)(N)C(=O)c1cc(Cl)ccc1Cl. The molecule has 0 aliphatic rings. The van der Waals surface area contributed by atoms with Crippen molar-refractivity contribution in [1.82, 2.24) is 0 Å². The average Bonchev–Trinajstić information content (AvgIpc) is 2.20. The first-order chi connectivity index (χ1) is 7.38. The van der Waals surface area contributed by atoms with Gasteiger partial charge in [0, 0.05) is 10.6 Å². The van der Waals surface area contributed by atoms with Gasteiger partial charge in [0.25, 0.3) is 0 Å². The van der Waals surface area contributed by atoms with Crippen LogP contribution in [0, 0.1) is 0 Å². The Bertz CT molecular complexity index is 402. The summed E-state index contributed by atoms with van der Waals surface area (Å²) in [6.07, 6.45) is 1.46. The third-order valence-electron chi connectivity index (χ3n) is 2.46. The van der Waals surface area contributed by atoms with E-state index in [-0.39, 0.29) is 5.78 Å². The third kappa shape index (κ3) is 2.97. The summed E-state index contributed by atoms with van der Waals surface area (Å²) in [6, 6.07) is 4.82. The molecule has 16 heavy (non-hydrogen) atoms. The van der Waals surface area contributed by atoms with Crippen LogP contribution in [0.15, 0.2) is 18.2 Å². The zero-order valence-electron chi connectivity index (χ0n) is 9.39. The minimum atomic E-state index is -0.886. The first kappa shape index (κ1) is 13.5. The van der Waals surface area contributed by atoms with Crippen LogP contribution in [-0.4, -0.2) is 11.3 Å². The van der Waals surface area contributed by atoms with Gasteiger partial charge in [0.15, 0.2) is 5.78 Å². The predicted molar refractivity (Wildman–Crippen MR) is 68.3 cm³/mol. The molecule has 0 fully saturated rings. The number of hydrogen-bond donors (Lipinski definition) is 1. The smallest absolute Gasteiger partial charge is 0.183 e. The van der Waals surface area contributed by atoms with Crippen LogP contribution in [0.1, 0.15) is 37.0 Å². The fraction of sp³-hybridized carbons (Fsp3) is 0.417. The molecule has 0 heterocycles. The number of carbonyl (C=O) groups excluding carboxylic acids is 1. The molecule has 0 amide bonds. The number of Topliss-reactive ketones (excluding diaryl/α,β-unsaturated/α-hetero) is 1. The van der Waals surface area contributed by atoms with Crippen molar-refractivity contribution in [3.8, 4) is 0 Å². The Kier molecular flexibility index (Phi) is 4.36. The van der Waals surface area contributed by atoms with E-state index in [0.717, 1.165) is 6.42 Å². The molecule has 0 radical (unpaired) electrons. The highest BCUT2D eigenvalue weighted by molar-refractivity contribution is 6.36. The predicted octanol–water partition coefficient (Wildman–Crippen LogP) is 3.69. The molecule has 1 aromatic carbocycles. The van der Waals surface area contributed by atoms with Crippen molar-refractivity contribution in [2.45, 2.75) is 32.2 Å². The monoisotopic (exact) mass is 259 g/mol. The standard InChI is InChI=1S/C12H15Cl2NO/c1-3-6-12(2,15)11(16)9-7-8(13)4-5-10(9)14/h4-5,7H,3,6,15H2,1-2H3. The molecule has 88 valence electrons. The normalized spacial score (nSPS) is 14.6. The van der Waals surface area contributed by atoms with E-state index in [9.17, 15) is 4.79 Å². The summed E-state index contributed by atoms with van der Waals surface area (Å²) in [5.74, 6) is -0.165. The van der Waals surface area contributed by atoms with Gasteiger partial charge in [-0.05, 0) is 31.5 Å². The molecule has 4 heteroatoms. The van der Waals surface area contributed by atoms with Crippen LogP contribution in [0.5, 0.6) is 0 Å². The Morgan fingerprint density at radius 1 is 1.44 bits per heavy atom. The molecule has 0 aliphatic carbocycles. The highest BCUT2D eigenvalue weighted by Gasteiger charge is 2.29. The van der Waals surface area contributed by atoms with Crippen molar-refractivity contribution in [2.75, 3.05) is 0 Å². The van der Waals surface area contributed by atoms with Gasteiger partial charge in [0.05, 0.1) is 10.6 Å². The summed E-state index contributed by atoms with van der Waals surface area (Å²) in [6.45, 7) is 3.70. The van der Waals surface area contributed by atoms with Gasteiger partial charge in [-0.2, -0.15) is 0 Å². The topological polar surface area (TPSA) is 43.1 Å². The number of rotatable bonds is 4. The molecule has 0 saturated carbocycles. The molecule has 1 unspecified atom stereocenters. The molecule has 1 atom stereocenters. The van der Waals surface area contributed by atoms with E-state index in [4.69, 9.17) is 28.9 Å². The van der Waals surface area contributed by atoms with Crippen LogP contribution < -0.4 is 5.73 Å². The molecule has 2 nitrogen and oxygen atoms in total. The van der Waals surface area contributed by atoms with Crippen molar-refractivity contribution in [2.24, 2.45) is 5.73 Å². The number of benzene rings is 1. The summed E-state index contributed by atoms with van der Waals surface area (Å²) >= 11 is 11.8. The highest BCUT2D eigenvalue weighted by atomic mass is 35.5. The van der Waals surface area contributed by atoms with E-state index in [1.807, 2.05) is 6.92 Å². The Morgan fingerprint density at radius 2 is 2.06 bits per heavy atom. The zero-order valence-corrected chi connectivity index (χ0v) is 10.9. The van der Waals surface area contributed by atoms with Crippen LogP contribution in [0.25, 0.3) is 0 Å². The van der Waals surface area contributed by atoms with Crippen molar-refractivity contribution >= 4 is 29.0 Å². The molecular weight excluding hydrogens is 245 g/mol. The van der Waals surface area contributed by atoms with E-state index in [1.165, 1.54) is 0 Å². The molecule has 1 rings (SSSR count). The number of carbonyl (C=O) groups is 1. The first-order valence-corrected chi connectivity index (χ1v) is 5.93. The summed E-state index contributed by atoms with van der Waals surface area (Å²) in [5.41, 5.74) is 5.48. The summed E-state index contributed by atoms with van der Waals surface area (Å²) in [4.78, 5) is 12.2. The number of nitrogens with two attached hydrogens (primary N) is 1. The Morgan fingerprint density at radius 3 is 2.62 bits per heavy atom. The van der Waals surface area contributed by atoms with Gasteiger partial charge in [0.2, 0.25) is 0 Å². The second kappa shape index (κ2) is 5.17. The van der Waals surface area contributed by atoms with E-state index in [0.29, 0.717) is 22.0 Å². The summed E-state index contributed by atoms with van der Waals surface area (Å²) in [7, 11) is 0. The maximum Gasteiger partial charge on any atom is 0.183 e. The van der Waals surface area contributed by atoms with Gasteiger partial charge in [-0.25, -0.2) is 0 Å². The fourth-order valence-corrected chi connectivity index (χ4v) is 1.99. The number of hydrogen-bond acceptors (Lipinski definition) is 2. The fourth-order valence-electron chi connectivity index (χ4n) is 1.61. The third-order valence-corrected chi connectivity index (χ3v) is 3.03. The summed E-state index contributed by atoms with van der Waals surface area (Å²) in [5, 5.41) is 0.877. The molecule has 1 aromatic rings. The molecule has 0 aromatic heterocycles. The number of halogens is 2. The van der Waals surface area contributed by atoms with Crippen molar-refractivity contribution in [3.63, 3.8) is 0 Å². The molecule has 0 bridgehead atoms. The van der Waals surface area contributed by atoms with Gasteiger partial charge in [0.1, 0.15) is 0 Å². The van der Waals surface area contributed by atoms with Crippen molar-refractivity contribution < 1.29 is 4.79 Å². The average molecular weight is 260 g/mol. The lowest BCUT2D eigenvalue weighted by molar-refractivity contribution is 0.0893. The largest absolute Gasteiger partial charge is 0.319 e. The van der Waals surface area contributed by atoms with E-state index < -0.39 is 5.54 Å². The quantitative estimate of drug-likeness (QED) is 0.839. The Labute approximate surface area is 106 Å².